The molecule has 0 saturated heterocycles. The van der Waals surface area contributed by atoms with Gasteiger partial charge in [-0.25, -0.2) is 0 Å². The summed E-state index contributed by atoms with van der Waals surface area (Å²) in [5.74, 6) is 0.800. The Bertz CT molecular complexity index is 150. The van der Waals surface area contributed by atoms with Crippen molar-refractivity contribution in [3.63, 3.8) is 0 Å². The van der Waals surface area contributed by atoms with Crippen LogP contribution in [0.15, 0.2) is 0 Å². The summed E-state index contributed by atoms with van der Waals surface area (Å²) < 4.78 is 5.53. The van der Waals surface area contributed by atoms with Crippen LogP contribution < -0.4 is 0 Å². The Balaban J connectivity index is 3.95. The molecule has 0 aromatic carbocycles. The Hall–Kier alpha value is -0.370. The van der Waals surface area contributed by atoms with E-state index in [2.05, 4.69) is 13.8 Å². The van der Waals surface area contributed by atoms with Gasteiger partial charge < -0.3 is 4.74 Å². The van der Waals surface area contributed by atoms with Crippen LogP contribution in [0, 0.1) is 11.8 Å². The van der Waals surface area contributed by atoms with Gasteiger partial charge in [0.1, 0.15) is 6.10 Å². The van der Waals surface area contributed by atoms with Gasteiger partial charge in [0.2, 0.25) is 0 Å². The first kappa shape index (κ1) is 12.6. The number of carbonyl (C=O) groups excluding carboxylic acids is 1. The zero-order valence-corrected chi connectivity index (χ0v) is 9.46. The Kier molecular flexibility index (Phi) is 5.97. The molecule has 0 heterocycles. The van der Waals surface area contributed by atoms with E-state index in [0.717, 1.165) is 6.42 Å². The van der Waals surface area contributed by atoms with Crippen LogP contribution in [0.3, 0.4) is 0 Å². The van der Waals surface area contributed by atoms with Crippen LogP contribution in [-0.4, -0.2) is 18.5 Å². The second kappa shape index (κ2) is 6.14. The van der Waals surface area contributed by atoms with Crippen LogP contribution >= 0.6 is 0 Å². The number of hydrogen-bond acceptors (Lipinski definition) is 2. The fraction of sp³-hybridized carbons (Fsp3) is 0.909. The Morgan fingerprint density at radius 1 is 1.23 bits per heavy atom. The van der Waals surface area contributed by atoms with Gasteiger partial charge in [-0.1, -0.05) is 34.6 Å². The summed E-state index contributed by atoms with van der Waals surface area (Å²) in [5.41, 5.74) is 0. The molecule has 0 radical (unpaired) electrons. The summed E-state index contributed by atoms with van der Waals surface area (Å²) in [7, 11) is 0. The molecule has 0 aliphatic rings. The number of Topliss-reactive ketones (excluding diaryl/α,β-unsaturated/α-hetero) is 1. The van der Waals surface area contributed by atoms with Crippen molar-refractivity contribution in [2.45, 2.75) is 47.1 Å². The molecule has 0 aromatic heterocycles. The molecule has 0 saturated carbocycles. The van der Waals surface area contributed by atoms with Gasteiger partial charge in [0.25, 0.3) is 0 Å². The smallest absolute Gasteiger partial charge is 0.164 e. The molecule has 0 N–H and O–H groups in total. The van der Waals surface area contributed by atoms with Crippen LogP contribution in [-0.2, 0) is 9.53 Å². The average molecular weight is 186 g/mol. The van der Waals surface area contributed by atoms with Crippen LogP contribution in [0.25, 0.3) is 0 Å². The summed E-state index contributed by atoms with van der Waals surface area (Å²) >= 11 is 0. The maximum Gasteiger partial charge on any atom is 0.164 e. The molecule has 78 valence electrons. The van der Waals surface area contributed by atoms with Crippen molar-refractivity contribution in [1.82, 2.24) is 0 Å². The normalized spacial score (nSPS) is 13.8. The second-order valence-corrected chi connectivity index (χ2v) is 4.18. The van der Waals surface area contributed by atoms with Crippen molar-refractivity contribution in [2.24, 2.45) is 11.8 Å². The Labute approximate surface area is 81.7 Å². The Morgan fingerprint density at radius 2 is 1.77 bits per heavy atom. The van der Waals surface area contributed by atoms with Crippen molar-refractivity contribution in [3.05, 3.63) is 0 Å². The first-order valence-electron chi connectivity index (χ1n) is 5.14. The predicted octanol–water partition coefficient (Wildman–Crippen LogP) is 2.66. The highest BCUT2D eigenvalue weighted by molar-refractivity contribution is 5.84. The van der Waals surface area contributed by atoms with Gasteiger partial charge in [-0.05, 0) is 12.3 Å². The highest BCUT2D eigenvalue weighted by Crippen LogP contribution is 2.08. The van der Waals surface area contributed by atoms with Crippen LogP contribution in [0.5, 0.6) is 0 Å². The summed E-state index contributed by atoms with van der Waals surface area (Å²) in [6.45, 7) is 10.7. The van der Waals surface area contributed by atoms with E-state index in [0.29, 0.717) is 12.5 Å². The number of ketones is 1. The van der Waals surface area contributed by atoms with E-state index >= 15 is 0 Å². The zero-order chi connectivity index (χ0) is 10.4. The molecule has 0 bridgehead atoms. The van der Waals surface area contributed by atoms with Crippen LogP contribution in [0.2, 0.25) is 0 Å². The van der Waals surface area contributed by atoms with Crippen molar-refractivity contribution < 1.29 is 9.53 Å². The average Bonchev–Trinajstić information content (AvgIpc) is 2.04. The molecule has 0 fully saturated rings. The van der Waals surface area contributed by atoms with Crippen LogP contribution in [0.4, 0.5) is 0 Å². The Morgan fingerprint density at radius 3 is 2.08 bits per heavy atom. The predicted molar refractivity (Wildman–Crippen MR) is 54.7 cm³/mol. The fourth-order valence-electron chi connectivity index (χ4n) is 1.08. The SMILES string of the molecule is CC[C@@H](OCC(C)C)C(=O)C(C)C. The van der Waals surface area contributed by atoms with Crippen molar-refractivity contribution in [1.29, 1.82) is 0 Å². The summed E-state index contributed by atoms with van der Waals surface area (Å²) in [5, 5.41) is 0. The minimum atomic E-state index is -0.192. The summed E-state index contributed by atoms with van der Waals surface area (Å²) in [6.07, 6.45) is 0.589. The standard InChI is InChI=1S/C11H22O2/c1-6-10(11(12)9(4)5)13-7-8(2)3/h8-10H,6-7H2,1-5H3/t10-/m1/s1. The van der Waals surface area contributed by atoms with Gasteiger partial charge >= 0.3 is 0 Å². The van der Waals surface area contributed by atoms with Crippen molar-refractivity contribution in [2.75, 3.05) is 6.61 Å². The molecule has 0 unspecified atom stereocenters. The van der Waals surface area contributed by atoms with Gasteiger partial charge in [-0.15, -0.1) is 0 Å². The van der Waals surface area contributed by atoms with E-state index in [-0.39, 0.29) is 17.8 Å². The lowest BCUT2D eigenvalue weighted by molar-refractivity contribution is -0.134. The van der Waals surface area contributed by atoms with Gasteiger partial charge in [0, 0.05) is 12.5 Å². The molecule has 13 heavy (non-hydrogen) atoms. The lowest BCUT2D eigenvalue weighted by Gasteiger charge is -2.18. The highest BCUT2D eigenvalue weighted by Gasteiger charge is 2.19. The quantitative estimate of drug-likeness (QED) is 0.637. The molecular formula is C11H22O2. The maximum absolute atomic E-state index is 11.6. The first-order chi connectivity index (χ1) is 5.99. The summed E-state index contributed by atoms with van der Waals surface area (Å²) in [4.78, 5) is 11.6. The maximum atomic E-state index is 11.6. The number of ether oxygens (including phenoxy) is 1. The number of carbonyl (C=O) groups is 1. The lowest BCUT2D eigenvalue weighted by Crippen LogP contribution is -2.28. The molecule has 0 spiro atoms. The first-order valence-corrected chi connectivity index (χ1v) is 5.14. The van der Waals surface area contributed by atoms with Gasteiger partial charge in [0.05, 0.1) is 0 Å². The van der Waals surface area contributed by atoms with E-state index < -0.39 is 0 Å². The third-order valence-electron chi connectivity index (χ3n) is 1.89. The monoisotopic (exact) mass is 186 g/mol. The van der Waals surface area contributed by atoms with E-state index in [1.54, 1.807) is 0 Å². The molecule has 0 aliphatic carbocycles. The minimum Gasteiger partial charge on any atom is -0.370 e. The van der Waals surface area contributed by atoms with E-state index in [1.807, 2.05) is 20.8 Å². The molecular weight excluding hydrogens is 164 g/mol. The highest BCUT2D eigenvalue weighted by atomic mass is 16.5. The van der Waals surface area contributed by atoms with Gasteiger partial charge in [-0.2, -0.15) is 0 Å². The molecule has 1 atom stereocenters. The fourth-order valence-corrected chi connectivity index (χ4v) is 1.08. The zero-order valence-electron chi connectivity index (χ0n) is 9.46. The van der Waals surface area contributed by atoms with E-state index in [4.69, 9.17) is 4.74 Å². The van der Waals surface area contributed by atoms with E-state index in [1.165, 1.54) is 0 Å². The third kappa shape index (κ3) is 5.04. The van der Waals surface area contributed by atoms with E-state index in [9.17, 15) is 4.79 Å². The molecule has 0 amide bonds. The van der Waals surface area contributed by atoms with Gasteiger partial charge in [0.15, 0.2) is 5.78 Å². The third-order valence-corrected chi connectivity index (χ3v) is 1.89. The summed E-state index contributed by atoms with van der Waals surface area (Å²) in [6, 6.07) is 0. The topological polar surface area (TPSA) is 26.3 Å². The molecule has 2 nitrogen and oxygen atoms in total. The lowest BCUT2D eigenvalue weighted by atomic mass is 10.0. The van der Waals surface area contributed by atoms with Gasteiger partial charge in [-0.3, -0.25) is 4.79 Å². The molecule has 0 rings (SSSR count). The van der Waals surface area contributed by atoms with Crippen molar-refractivity contribution in [3.8, 4) is 0 Å². The second-order valence-electron chi connectivity index (χ2n) is 4.18. The molecule has 0 aromatic rings. The number of rotatable bonds is 6. The molecule has 0 aliphatic heterocycles. The molecule has 2 heteroatoms. The van der Waals surface area contributed by atoms with Crippen LogP contribution in [0.1, 0.15) is 41.0 Å². The largest absolute Gasteiger partial charge is 0.370 e. The minimum absolute atomic E-state index is 0.0807. The van der Waals surface area contributed by atoms with Crippen molar-refractivity contribution >= 4 is 5.78 Å². The number of hydrogen-bond donors (Lipinski definition) is 0.